The molecule has 3 rings (SSSR count). The van der Waals surface area contributed by atoms with Gasteiger partial charge >= 0.3 is 0 Å². The minimum Gasteiger partial charge on any atom is -0.486 e. The second-order valence-electron chi connectivity index (χ2n) is 6.21. The van der Waals surface area contributed by atoms with Crippen molar-refractivity contribution in [1.82, 2.24) is 0 Å². The quantitative estimate of drug-likeness (QED) is 0.391. The molecule has 0 amide bonds. The van der Waals surface area contributed by atoms with E-state index in [9.17, 15) is 0 Å². The topological polar surface area (TPSA) is 21.6 Å². The van der Waals surface area contributed by atoms with Crippen LogP contribution in [-0.2, 0) is 6.61 Å². The van der Waals surface area contributed by atoms with Gasteiger partial charge in [0.25, 0.3) is 0 Å². The molecule has 3 aromatic rings. The summed E-state index contributed by atoms with van der Waals surface area (Å²) >= 11 is 18.7. The Morgan fingerprint density at radius 3 is 2.33 bits per heavy atom. The van der Waals surface area contributed by atoms with Gasteiger partial charge in [-0.3, -0.25) is 4.99 Å². The molecule has 0 heterocycles. The zero-order valence-corrected chi connectivity index (χ0v) is 17.2. The van der Waals surface area contributed by atoms with Crippen molar-refractivity contribution in [2.75, 3.05) is 0 Å². The molecule has 0 fully saturated rings. The SMILES string of the molecule is Cc1cccc(N=Cc2cc(Cl)c(OCc3cccc(Cl)c3)c(Cl)c2)c1C. The highest BCUT2D eigenvalue weighted by atomic mass is 35.5. The first-order valence-corrected chi connectivity index (χ1v) is 9.54. The number of halogens is 3. The standard InChI is InChI=1S/C22H18Cl3NO/c1-14-5-3-8-21(15(14)2)26-12-17-10-19(24)22(20(25)11-17)27-13-16-6-4-7-18(23)9-16/h3-12H,13H2,1-2H3. The number of aliphatic imine (C=N–C) groups is 1. The number of aryl methyl sites for hydroxylation is 1. The lowest BCUT2D eigenvalue weighted by molar-refractivity contribution is 0.306. The zero-order chi connectivity index (χ0) is 19.4. The van der Waals surface area contributed by atoms with Gasteiger partial charge in [-0.15, -0.1) is 0 Å². The molecule has 0 aliphatic carbocycles. The van der Waals surface area contributed by atoms with E-state index < -0.39 is 0 Å². The number of hydrogen-bond acceptors (Lipinski definition) is 2. The van der Waals surface area contributed by atoms with Crippen LogP contribution in [0.2, 0.25) is 15.1 Å². The lowest BCUT2D eigenvalue weighted by Crippen LogP contribution is -1.97. The van der Waals surface area contributed by atoms with E-state index >= 15 is 0 Å². The van der Waals surface area contributed by atoms with Crippen LogP contribution in [0.15, 0.2) is 59.6 Å². The average Bonchev–Trinajstić information content (AvgIpc) is 2.62. The zero-order valence-electron chi connectivity index (χ0n) is 15.0. The lowest BCUT2D eigenvalue weighted by Gasteiger charge is -2.11. The molecule has 0 bridgehead atoms. The third-order valence-electron chi connectivity index (χ3n) is 4.22. The lowest BCUT2D eigenvalue weighted by atomic mass is 10.1. The van der Waals surface area contributed by atoms with E-state index in [1.54, 1.807) is 18.3 Å². The number of rotatable bonds is 5. The van der Waals surface area contributed by atoms with Crippen LogP contribution in [0.5, 0.6) is 5.75 Å². The van der Waals surface area contributed by atoms with E-state index in [4.69, 9.17) is 39.5 Å². The Morgan fingerprint density at radius 2 is 1.63 bits per heavy atom. The Labute approximate surface area is 174 Å². The van der Waals surface area contributed by atoms with Gasteiger partial charge < -0.3 is 4.74 Å². The normalized spacial score (nSPS) is 11.1. The molecule has 0 aliphatic rings. The first-order valence-electron chi connectivity index (χ1n) is 8.40. The molecule has 0 saturated heterocycles. The molecule has 27 heavy (non-hydrogen) atoms. The summed E-state index contributed by atoms with van der Waals surface area (Å²) in [5.74, 6) is 0.446. The van der Waals surface area contributed by atoms with Gasteiger partial charge in [0, 0.05) is 11.2 Å². The summed E-state index contributed by atoms with van der Waals surface area (Å²) in [6.45, 7) is 4.44. The summed E-state index contributed by atoms with van der Waals surface area (Å²) in [4.78, 5) is 4.55. The van der Waals surface area contributed by atoms with Crippen LogP contribution in [0.25, 0.3) is 0 Å². The van der Waals surface area contributed by atoms with Crippen molar-refractivity contribution in [3.05, 3.63) is 91.9 Å². The van der Waals surface area contributed by atoms with Crippen LogP contribution in [0.4, 0.5) is 5.69 Å². The third kappa shape index (κ3) is 5.04. The molecular formula is C22H18Cl3NO. The van der Waals surface area contributed by atoms with Gasteiger partial charge in [-0.05, 0) is 66.4 Å². The fourth-order valence-corrected chi connectivity index (χ4v) is 3.42. The maximum Gasteiger partial charge on any atom is 0.157 e. The molecule has 0 atom stereocenters. The predicted molar refractivity (Wildman–Crippen MR) is 115 cm³/mol. The molecular weight excluding hydrogens is 401 g/mol. The summed E-state index contributed by atoms with van der Waals surface area (Å²) in [6.07, 6.45) is 1.75. The molecule has 2 nitrogen and oxygen atoms in total. The van der Waals surface area contributed by atoms with Crippen LogP contribution < -0.4 is 4.74 Å². The Bertz CT molecular complexity index is 976. The molecule has 5 heteroatoms. The Balaban J connectivity index is 1.78. The minimum absolute atomic E-state index is 0.329. The highest BCUT2D eigenvalue weighted by molar-refractivity contribution is 6.37. The van der Waals surface area contributed by atoms with Crippen molar-refractivity contribution in [3.8, 4) is 5.75 Å². The Kier molecular flexibility index (Phi) is 6.43. The maximum absolute atomic E-state index is 6.37. The maximum atomic E-state index is 6.37. The first-order chi connectivity index (χ1) is 12.9. The van der Waals surface area contributed by atoms with Crippen LogP contribution in [-0.4, -0.2) is 6.21 Å². The van der Waals surface area contributed by atoms with E-state index in [-0.39, 0.29) is 0 Å². The molecule has 0 aliphatic heterocycles. The average molecular weight is 419 g/mol. The van der Waals surface area contributed by atoms with E-state index in [1.807, 2.05) is 36.4 Å². The van der Waals surface area contributed by atoms with Crippen molar-refractivity contribution in [2.45, 2.75) is 20.5 Å². The molecule has 0 radical (unpaired) electrons. The minimum atomic E-state index is 0.329. The second-order valence-corrected chi connectivity index (χ2v) is 7.46. The second kappa shape index (κ2) is 8.79. The van der Waals surface area contributed by atoms with Gasteiger partial charge in [0.2, 0.25) is 0 Å². The molecule has 0 spiro atoms. The van der Waals surface area contributed by atoms with Gasteiger partial charge in [0.05, 0.1) is 15.7 Å². The number of nitrogens with zero attached hydrogens (tertiary/aromatic N) is 1. The van der Waals surface area contributed by atoms with E-state index in [2.05, 4.69) is 24.9 Å². The van der Waals surface area contributed by atoms with Crippen molar-refractivity contribution in [2.24, 2.45) is 4.99 Å². The summed E-state index contributed by atoms with van der Waals surface area (Å²) < 4.78 is 5.79. The molecule has 0 aromatic heterocycles. The van der Waals surface area contributed by atoms with Crippen LogP contribution >= 0.6 is 34.8 Å². The van der Waals surface area contributed by atoms with Gasteiger partial charge in [0.1, 0.15) is 6.61 Å². The van der Waals surface area contributed by atoms with Crippen molar-refractivity contribution >= 4 is 46.7 Å². The summed E-state index contributed by atoms with van der Waals surface area (Å²) in [5.41, 5.74) is 5.01. The highest BCUT2D eigenvalue weighted by Crippen LogP contribution is 2.34. The summed E-state index contributed by atoms with van der Waals surface area (Å²) in [5, 5.41) is 1.53. The van der Waals surface area contributed by atoms with E-state index in [1.165, 1.54) is 5.56 Å². The molecule has 0 saturated carbocycles. The summed E-state index contributed by atoms with van der Waals surface area (Å²) in [6, 6.07) is 17.1. The van der Waals surface area contributed by atoms with Crippen molar-refractivity contribution in [3.63, 3.8) is 0 Å². The fourth-order valence-electron chi connectivity index (χ4n) is 2.59. The van der Waals surface area contributed by atoms with Crippen molar-refractivity contribution < 1.29 is 4.74 Å². The van der Waals surface area contributed by atoms with Crippen LogP contribution in [0, 0.1) is 13.8 Å². The largest absolute Gasteiger partial charge is 0.486 e. The van der Waals surface area contributed by atoms with Gasteiger partial charge in [0.15, 0.2) is 5.75 Å². The van der Waals surface area contributed by atoms with Crippen LogP contribution in [0.1, 0.15) is 22.3 Å². The fraction of sp³-hybridized carbons (Fsp3) is 0.136. The molecule has 0 N–H and O–H groups in total. The summed E-state index contributed by atoms with van der Waals surface area (Å²) in [7, 11) is 0. The number of hydrogen-bond donors (Lipinski definition) is 0. The molecule has 138 valence electrons. The van der Waals surface area contributed by atoms with Crippen LogP contribution in [0.3, 0.4) is 0 Å². The number of ether oxygens (including phenoxy) is 1. The Hall–Kier alpha value is -2.00. The van der Waals surface area contributed by atoms with Crippen molar-refractivity contribution in [1.29, 1.82) is 0 Å². The molecule has 3 aromatic carbocycles. The number of benzene rings is 3. The smallest absolute Gasteiger partial charge is 0.157 e. The first kappa shape index (κ1) is 19.8. The Morgan fingerprint density at radius 1 is 0.926 bits per heavy atom. The third-order valence-corrected chi connectivity index (χ3v) is 5.02. The van der Waals surface area contributed by atoms with Gasteiger partial charge in [-0.1, -0.05) is 59.1 Å². The van der Waals surface area contributed by atoms with E-state index in [0.717, 1.165) is 22.4 Å². The monoisotopic (exact) mass is 417 g/mol. The molecule has 0 unspecified atom stereocenters. The van der Waals surface area contributed by atoms with Gasteiger partial charge in [-0.2, -0.15) is 0 Å². The van der Waals surface area contributed by atoms with E-state index in [0.29, 0.717) is 27.4 Å². The highest BCUT2D eigenvalue weighted by Gasteiger charge is 2.10. The predicted octanol–water partition coefficient (Wildman–Crippen LogP) is 7.59. The van der Waals surface area contributed by atoms with Gasteiger partial charge in [-0.25, -0.2) is 0 Å².